The van der Waals surface area contributed by atoms with Crippen LogP contribution in [0.5, 0.6) is 0 Å². The highest BCUT2D eigenvalue weighted by Gasteiger charge is 2.40. The first kappa shape index (κ1) is 13.8. The van der Waals surface area contributed by atoms with Gasteiger partial charge in [-0.1, -0.05) is 13.8 Å². The van der Waals surface area contributed by atoms with Gasteiger partial charge in [-0.25, -0.2) is 0 Å². The smallest absolute Gasteiger partial charge is 0.237 e. The minimum absolute atomic E-state index is 0.250. The number of hydrogen-bond acceptors (Lipinski definition) is 3. The Morgan fingerprint density at radius 2 is 2.06 bits per heavy atom. The number of hydrogen-bond donors (Lipinski definition) is 1. The van der Waals surface area contributed by atoms with Crippen molar-refractivity contribution in [1.82, 2.24) is 9.80 Å². The molecule has 2 aliphatic rings. The van der Waals surface area contributed by atoms with E-state index in [2.05, 4.69) is 16.7 Å². The minimum Gasteiger partial charge on any atom is -0.387 e. The van der Waals surface area contributed by atoms with E-state index in [0.717, 1.165) is 32.2 Å². The predicted molar refractivity (Wildman–Crippen MR) is 71.3 cm³/mol. The maximum atomic E-state index is 12.3. The second-order valence-corrected chi connectivity index (χ2v) is 5.87. The van der Waals surface area contributed by atoms with Crippen LogP contribution in [0.4, 0.5) is 0 Å². The summed E-state index contributed by atoms with van der Waals surface area (Å²) in [7, 11) is 0. The quantitative estimate of drug-likeness (QED) is 0.821. The van der Waals surface area contributed by atoms with Gasteiger partial charge < -0.3 is 10.0 Å². The van der Waals surface area contributed by atoms with Crippen LogP contribution in [-0.2, 0) is 4.79 Å². The van der Waals surface area contributed by atoms with Gasteiger partial charge in [0, 0.05) is 25.7 Å². The molecule has 0 aromatic carbocycles. The third-order valence-electron chi connectivity index (χ3n) is 4.47. The third kappa shape index (κ3) is 2.86. The topological polar surface area (TPSA) is 43.8 Å². The first-order valence-corrected chi connectivity index (χ1v) is 7.32. The fourth-order valence-electron chi connectivity index (χ4n) is 3.16. The minimum atomic E-state index is -0.535. The Morgan fingerprint density at radius 3 is 2.67 bits per heavy atom. The summed E-state index contributed by atoms with van der Waals surface area (Å²) >= 11 is 0. The zero-order valence-corrected chi connectivity index (χ0v) is 11.7. The number of carbonyl (C=O) groups excluding carboxylic acids is 1. The van der Waals surface area contributed by atoms with Crippen LogP contribution in [-0.4, -0.2) is 58.6 Å². The largest absolute Gasteiger partial charge is 0.387 e. The molecule has 1 amide bonds. The molecule has 2 fully saturated rings. The molecular weight excluding hydrogens is 228 g/mol. The molecule has 2 aliphatic heterocycles. The van der Waals surface area contributed by atoms with Crippen molar-refractivity contribution in [2.24, 2.45) is 0 Å². The molecule has 104 valence electrons. The lowest BCUT2D eigenvalue weighted by molar-refractivity contribution is -0.145. The molecule has 0 aromatic heterocycles. The van der Waals surface area contributed by atoms with Crippen LogP contribution in [0, 0.1) is 0 Å². The number of amides is 1. The number of aliphatic hydroxyl groups is 1. The van der Waals surface area contributed by atoms with Gasteiger partial charge in [-0.3, -0.25) is 9.69 Å². The second-order valence-electron chi connectivity index (χ2n) is 5.87. The van der Waals surface area contributed by atoms with Crippen molar-refractivity contribution in [2.75, 3.05) is 26.2 Å². The van der Waals surface area contributed by atoms with Crippen LogP contribution in [0.25, 0.3) is 0 Å². The lowest BCUT2D eigenvalue weighted by Gasteiger charge is -2.47. The zero-order valence-electron chi connectivity index (χ0n) is 11.7. The molecule has 0 aromatic rings. The van der Waals surface area contributed by atoms with Gasteiger partial charge in [-0.15, -0.1) is 0 Å². The fourth-order valence-corrected chi connectivity index (χ4v) is 3.16. The van der Waals surface area contributed by atoms with Crippen molar-refractivity contribution in [1.29, 1.82) is 0 Å². The van der Waals surface area contributed by atoms with Crippen molar-refractivity contribution >= 4 is 5.91 Å². The Balaban J connectivity index is 1.81. The molecule has 2 saturated heterocycles. The highest BCUT2D eigenvalue weighted by atomic mass is 16.3. The van der Waals surface area contributed by atoms with Crippen LogP contribution < -0.4 is 0 Å². The van der Waals surface area contributed by atoms with Gasteiger partial charge in [-0.05, 0) is 32.1 Å². The van der Waals surface area contributed by atoms with E-state index in [1.54, 1.807) is 0 Å². The Morgan fingerprint density at radius 1 is 1.33 bits per heavy atom. The van der Waals surface area contributed by atoms with Crippen molar-refractivity contribution in [3.8, 4) is 0 Å². The van der Waals surface area contributed by atoms with Crippen LogP contribution in [0.15, 0.2) is 0 Å². The van der Waals surface area contributed by atoms with Gasteiger partial charge >= 0.3 is 0 Å². The van der Waals surface area contributed by atoms with Crippen LogP contribution in [0.1, 0.15) is 46.0 Å². The molecule has 4 nitrogen and oxygen atoms in total. The van der Waals surface area contributed by atoms with E-state index in [1.807, 2.05) is 6.92 Å². The average Bonchev–Trinajstić information content (AvgIpc) is 2.36. The number of likely N-dealkylation sites (tertiary alicyclic amines) is 2. The SMILES string of the molecule is CCC1CCCCN1C(=O)CN1CC(O)(CC)C1. The van der Waals surface area contributed by atoms with E-state index in [4.69, 9.17) is 0 Å². The molecule has 1 atom stereocenters. The summed E-state index contributed by atoms with van der Waals surface area (Å²) in [5.74, 6) is 0.250. The number of β-amino-alcohol motifs (C(OH)–C–C–N with tert-alkyl or cyclic N) is 1. The molecule has 0 bridgehead atoms. The van der Waals surface area contributed by atoms with Gasteiger partial charge in [0.05, 0.1) is 12.1 Å². The highest BCUT2D eigenvalue weighted by Crippen LogP contribution is 2.25. The Kier molecular flexibility index (Phi) is 4.28. The van der Waals surface area contributed by atoms with Crippen LogP contribution in [0.3, 0.4) is 0 Å². The monoisotopic (exact) mass is 254 g/mol. The van der Waals surface area contributed by atoms with E-state index in [9.17, 15) is 9.90 Å². The molecular formula is C14H26N2O2. The maximum Gasteiger partial charge on any atom is 0.237 e. The molecule has 4 heteroatoms. The van der Waals surface area contributed by atoms with Crippen LogP contribution in [0.2, 0.25) is 0 Å². The Labute approximate surface area is 110 Å². The number of carbonyl (C=O) groups is 1. The fraction of sp³-hybridized carbons (Fsp3) is 0.929. The van der Waals surface area contributed by atoms with Gasteiger partial charge in [-0.2, -0.15) is 0 Å². The summed E-state index contributed by atoms with van der Waals surface area (Å²) in [5.41, 5.74) is -0.535. The normalized spacial score (nSPS) is 27.9. The molecule has 2 rings (SSSR count). The summed E-state index contributed by atoms with van der Waals surface area (Å²) in [5, 5.41) is 9.94. The molecule has 0 aliphatic carbocycles. The molecule has 0 spiro atoms. The molecule has 2 heterocycles. The Bertz CT molecular complexity index is 300. The molecule has 1 N–H and O–H groups in total. The highest BCUT2D eigenvalue weighted by molar-refractivity contribution is 5.78. The van der Waals surface area contributed by atoms with Gasteiger partial charge in [0.1, 0.15) is 0 Å². The number of rotatable bonds is 4. The summed E-state index contributed by atoms with van der Waals surface area (Å²) < 4.78 is 0. The Hall–Kier alpha value is -0.610. The lowest BCUT2D eigenvalue weighted by Crippen LogP contribution is -2.63. The molecule has 0 saturated carbocycles. The van der Waals surface area contributed by atoms with Crippen molar-refractivity contribution in [3.05, 3.63) is 0 Å². The first-order valence-electron chi connectivity index (χ1n) is 7.32. The van der Waals surface area contributed by atoms with Crippen molar-refractivity contribution in [3.63, 3.8) is 0 Å². The van der Waals surface area contributed by atoms with E-state index in [1.165, 1.54) is 6.42 Å². The van der Waals surface area contributed by atoms with Crippen molar-refractivity contribution in [2.45, 2.75) is 57.6 Å². The average molecular weight is 254 g/mol. The van der Waals surface area contributed by atoms with E-state index in [-0.39, 0.29) is 5.91 Å². The zero-order chi connectivity index (χ0) is 13.2. The second kappa shape index (κ2) is 5.57. The van der Waals surface area contributed by atoms with Gasteiger partial charge in [0.25, 0.3) is 0 Å². The third-order valence-corrected chi connectivity index (χ3v) is 4.47. The van der Waals surface area contributed by atoms with Crippen molar-refractivity contribution < 1.29 is 9.90 Å². The van der Waals surface area contributed by atoms with E-state index < -0.39 is 5.60 Å². The van der Waals surface area contributed by atoms with E-state index in [0.29, 0.717) is 25.7 Å². The summed E-state index contributed by atoms with van der Waals surface area (Å²) in [6.45, 7) is 6.87. The molecule has 1 unspecified atom stereocenters. The molecule has 0 radical (unpaired) electrons. The lowest BCUT2D eigenvalue weighted by atomic mass is 9.91. The van der Waals surface area contributed by atoms with Crippen LogP contribution >= 0.6 is 0 Å². The first-order chi connectivity index (χ1) is 8.58. The summed E-state index contributed by atoms with van der Waals surface area (Å²) in [6, 6.07) is 0.442. The van der Waals surface area contributed by atoms with Gasteiger partial charge in [0.15, 0.2) is 0 Å². The summed E-state index contributed by atoms with van der Waals surface area (Å²) in [4.78, 5) is 16.4. The van der Waals surface area contributed by atoms with Gasteiger partial charge in [0.2, 0.25) is 5.91 Å². The standard InChI is InChI=1S/C14H26N2O2/c1-3-12-7-5-6-8-16(12)13(17)9-15-10-14(18,4-2)11-15/h12,18H,3-11H2,1-2H3. The number of nitrogens with zero attached hydrogens (tertiary/aromatic N) is 2. The van der Waals surface area contributed by atoms with E-state index >= 15 is 0 Å². The predicted octanol–water partition coefficient (Wildman–Crippen LogP) is 1.23. The molecule has 18 heavy (non-hydrogen) atoms. The maximum absolute atomic E-state index is 12.3. The summed E-state index contributed by atoms with van der Waals surface area (Å²) in [6.07, 6.45) is 5.38. The number of piperidine rings is 1.